The van der Waals surface area contributed by atoms with Crippen LogP contribution in [0.4, 0.5) is 4.39 Å². The fourth-order valence-electron chi connectivity index (χ4n) is 5.54. The molecule has 3 heterocycles. The average molecular weight is 419 g/mol. The second kappa shape index (κ2) is 7.41. The SMILES string of the molecule is Fc1ccc(C2(NCC3CCC(c4nnn5cnc6[nH]ccc6c45)CC3)CCC2)cc1. The molecule has 0 amide bonds. The molecule has 7 heteroatoms. The first-order valence-electron chi connectivity index (χ1n) is 11.4. The van der Waals surface area contributed by atoms with Crippen molar-refractivity contribution >= 4 is 16.6 Å². The van der Waals surface area contributed by atoms with Gasteiger partial charge in [-0.2, -0.15) is 0 Å². The van der Waals surface area contributed by atoms with Crippen molar-refractivity contribution in [2.45, 2.75) is 56.4 Å². The van der Waals surface area contributed by atoms with Crippen molar-refractivity contribution < 1.29 is 4.39 Å². The molecule has 2 aliphatic rings. The van der Waals surface area contributed by atoms with E-state index in [1.165, 1.54) is 24.8 Å². The van der Waals surface area contributed by atoms with Gasteiger partial charge in [-0.05, 0) is 81.2 Å². The van der Waals surface area contributed by atoms with Crippen molar-refractivity contribution in [2.24, 2.45) is 5.92 Å². The predicted molar refractivity (Wildman–Crippen MR) is 117 cm³/mol. The van der Waals surface area contributed by atoms with Crippen LogP contribution in [0.25, 0.3) is 16.6 Å². The van der Waals surface area contributed by atoms with Gasteiger partial charge in [0.25, 0.3) is 0 Å². The number of hydrogen-bond donors (Lipinski definition) is 2. The molecule has 2 aliphatic carbocycles. The van der Waals surface area contributed by atoms with Crippen LogP contribution in [0.1, 0.15) is 62.1 Å². The van der Waals surface area contributed by atoms with Crippen LogP contribution < -0.4 is 5.32 Å². The van der Waals surface area contributed by atoms with E-state index in [1.807, 2.05) is 22.8 Å². The summed E-state index contributed by atoms with van der Waals surface area (Å²) in [6.45, 7) is 1.03. The molecule has 1 aromatic carbocycles. The second-order valence-corrected chi connectivity index (χ2v) is 9.29. The number of H-pyrrole nitrogens is 1. The fraction of sp³-hybridized carbons (Fsp3) is 0.458. The Balaban J connectivity index is 1.13. The lowest BCUT2D eigenvalue weighted by atomic mass is 9.71. The number of aromatic nitrogens is 5. The first kappa shape index (κ1) is 18.9. The van der Waals surface area contributed by atoms with E-state index >= 15 is 0 Å². The second-order valence-electron chi connectivity index (χ2n) is 9.29. The Hall–Kier alpha value is -2.80. The molecule has 6 rings (SSSR count). The van der Waals surface area contributed by atoms with Crippen molar-refractivity contribution in [1.82, 2.24) is 30.1 Å². The minimum Gasteiger partial charge on any atom is -0.346 e. The third-order valence-corrected chi connectivity index (χ3v) is 7.56. The zero-order valence-electron chi connectivity index (χ0n) is 17.5. The number of halogens is 1. The minimum atomic E-state index is -0.162. The van der Waals surface area contributed by atoms with Gasteiger partial charge in [0, 0.05) is 23.0 Å². The highest BCUT2D eigenvalue weighted by atomic mass is 19.1. The van der Waals surface area contributed by atoms with E-state index < -0.39 is 0 Å². The highest BCUT2D eigenvalue weighted by Crippen LogP contribution is 2.42. The maximum absolute atomic E-state index is 13.4. The summed E-state index contributed by atoms with van der Waals surface area (Å²) in [4.78, 5) is 7.59. The van der Waals surface area contributed by atoms with Gasteiger partial charge in [-0.25, -0.2) is 13.9 Å². The van der Waals surface area contributed by atoms with Crippen molar-refractivity contribution in [1.29, 1.82) is 0 Å². The van der Waals surface area contributed by atoms with Crippen molar-refractivity contribution in [3.05, 3.63) is 59.9 Å². The Morgan fingerprint density at radius 3 is 2.65 bits per heavy atom. The average Bonchev–Trinajstić information content (AvgIpc) is 3.41. The molecule has 0 atom stereocenters. The number of nitrogens with zero attached hydrogens (tertiary/aromatic N) is 4. The molecule has 0 saturated heterocycles. The van der Waals surface area contributed by atoms with Crippen LogP contribution >= 0.6 is 0 Å². The van der Waals surface area contributed by atoms with E-state index in [0.29, 0.717) is 11.8 Å². The van der Waals surface area contributed by atoms with E-state index in [1.54, 1.807) is 18.5 Å². The number of benzene rings is 1. The Labute approximate surface area is 180 Å². The molecular weight excluding hydrogens is 391 g/mol. The van der Waals surface area contributed by atoms with E-state index in [2.05, 4.69) is 31.7 Å². The first-order valence-corrected chi connectivity index (χ1v) is 11.4. The summed E-state index contributed by atoms with van der Waals surface area (Å²) >= 11 is 0. The Kier molecular flexibility index (Phi) is 4.52. The van der Waals surface area contributed by atoms with E-state index in [9.17, 15) is 4.39 Å². The Morgan fingerprint density at radius 1 is 1.10 bits per heavy atom. The van der Waals surface area contributed by atoms with Gasteiger partial charge in [0.15, 0.2) is 0 Å². The number of aromatic amines is 1. The molecule has 0 bridgehead atoms. The fourth-order valence-corrected chi connectivity index (χ4v) is 5.54. The number of hydrogen-bond acceptors (Lipinski definition) is 4. The van der Waals surface area contributed by atoms with Crippen molar-refractivity contribution in [3.8, 4) is 0 Å². The minimum absolute atomic E-state index is 0.0431. The summed E-state index contributed by atoms with van der Waals surface area (Å²) in [6, 6.07) is 9.14. The first-order chi connectivity index (χ1) is 15.2. The van der Waals surface area contributed by atoms with Crippen LogP contribution in [-0.2, 0) is 5.54 Å². The van der Waals surface area contributed by atoms with Crippen LogP contribution in [0.5, 0.6) is 0 Å². The van der Waals surface area contributed by atoms with Gasteiger partial charge in [0.1, 0.15) is 23.3 Å². The smallest absolute Gasteiger partial charge is 0.141 e. The summed E-state index contributed by atoms with van der Waals surface area (Å²) in [5.41, 5.74) is 4.37. The van der Waals surface area contributed by atoms with Gasteiger partial charge >= 0.3 is 0 Å². The van der Waals surface area contributed by atoms with Crippen LogP contribution in [-0.4, -0.2) is 31.3 Å². The molecule has 4 aromatic rings. The normalized spacial score (nSPS) is 23.3. The Bertz CT molecular complexity index is 1200. The molecule has 0 spiro atoms. The third kappa shape index (κ3) is 3.22. The van der Waals surface area contributed by atoms with Crippen LogP contribution in [0.3, 0.4) is 0 Å². The van der Waals surface area contributed by atoms with Crippen LogP contribution in [0.2, 0.25) is 0 Å². The number of nitrogens with one attached hydrogen (secondary N) is 2. The highest BCUT2D eigenvalue weighted by Gasteiger charge is 2.39. The van der Waals surface area contributed by atoms with Crippen molar-refractivity contribution in [2.75, 3.05) is 6.54 Å². The van der Waals surface area contributed by atoms with Crippen molar-refractivity contribution in [3.63, 3.8) is 0 Å². The third-order valence-electron chi connectivity index (χ3n) is 7.56. The topological polar surface area (TPSA) is 70.9 Å². The van der Waals surface area contributed by atoms with E-state index in [-0.39, 0.29) is 11.4 Å². The molecule has 2 fully saturated rings. The highest BCUT2D eigenvalue weighted by molar-refractivity contribution is 5.92. The Morgan fingerprint density at radius 2 is 1.90 bits per heavy atom. The predicted octanol–water partition coefficient (Wildman–Crippen LogP) is 4.69. The van der Waals surface area contributed by atoms with Gasteiger partial charge < -0.3 is 10.3 Å². The van der Waals surface area contributed by atoms with E-state index in [0.717, 1.165) is 54.5 Å². The molecule has 2 saturated carbocycles. The maximum atomic E-state index is 13.4. The lowest BCUT2D eigenvalue weighted by molar-refractivity contribution is 0.165. The maximum Gasteiger partial charge on any atom is 0.141 e. The molecule has 160 valence electrons. The van der Waals surface area contributed by atoms with Gasteiger partial charge in [0.05, 0.1) is 5.69 Å². The molecule has 3 aromatic heterocycles. The summed E-state index contributed by atoms with van der Waals surface area (Å²) in [5, 5.41) is 13.8. The largest absolute Gasteiger partial charge is 0.346 e. The molecule has 6 nitrogen and oxygen atoms in total. The summed E-state index contributed by atoms with van der Waals surface area (Å²) < 4.78 is 15.2. The molecule has 31 heavy (non-hydrogen) atoms. The summed E-state index contributed by atoms with van der Waals surface area (Å²) in [7, 11) is 0. The summed E-state index contributed by atoms with van der Waals surface area (Å²) in [6.07, 6.45) is 11.8. The van der Waals surface area contributed by atoms with Crippen LogP contribution in [0.15, 0.2) is 42.9 Å². The lowest BCUT2D eigenvalue weighted by Crippen LogP contribution is -2.49. The van der Waals surface area contributed by atoms with Gasteiger partial charge in [-0.15, -0.1) is 5.10 Å². The molecule has 2 N–H and O–H groups in total. The molecule has 0 aliphatic heterocycles. The quantitative estimate of drug-likeness (QED) is 0.493. The zero-order valence-corrected chi connectivity index (χ0v) is 17.5. The monoisotopic (exact) mass is 418 g/mol. The standard InChI is InChI=1S/C24H27FN6/c25-19-8-6-18(7-9-19)24(11-1-12-24)28-14-16-2-4-17(5-3-16)21-22-20-10-13-26-23(20)27-15-31(22)30-29-21/h6-10,13,15-17,26,28H,1-5,11-12,14H2. The summed E-state index contributed by atoms with van der Waals surface area (Å²) in [5.74, 6) is 0.958. The van der Waals surface area contributed by atoms with Gasteiger partial charge in [-0.3, -0.25) is 0 Å². The molecule has 0 radical (unpaired) electrons. The number of rotatable bonds is 5. The van der Waals surface area contributed by atoms with Gasteiger partial charge in [-0.1, -0.05) is 17.3 Å². The van der Waals surface area contributed by atoms with Gasteiger partial charge in [0.2, 0.25) is 0 Å². The molecular formula is C24H27FN6. The molecule has 0 unspecified atom stereocenters. The lowest BCUT2D eigenvalue weighted by Gasteiger charge is -2.44. The zero-order chi connectivity index (χ0) is 20.8. The van der Waals surface area contributed by atoms with E-state index in [4.69, 9.17) is 0 Å². The number of fused-ring (bicyclic) bond motifs is 3. The van der Waals surface area contributed by atoms with Crippen LogP contribution in [0, 0.1) is 11.7 Å².